The highest BCUT2D eigenvalue weighted by atomic mass is 32.1. The molecular formula is C24H19NO3S. The maximum atomic E-state index is 11.0. The van der Waals surface area contributed by atoms with Crippen molar-refractivity contribution in [2.45, 2.75) is 13.0 Å². The van der Waals surface area contributed by atoms with Crippen LogP contribution in [-0.2, 0) is 13.0 Å². The van der Waals surface area contributed by atoms with Gasteiger partial charge in [-0.2, -0.15) is 0 Å². The lowest BCUT2D eigenvalue weighted by Crippen LogP contribution is -1.97. The van der Waals surface area contributed by atoms with Gasteiger partial charge >= 0.3 is 5.97 Å². The van der Waals surface area contributed by atoms with E-state index in [-0.39, 0.29) is 5.56 Å². The molecule has 0 aliphatic rings. The molecule has 3 aromatic carbocycles. The highest BCUT2D eigenvalue weighted by Crippen LogP contribution is 2.31. The van der Waals surface area contributed by atoms with Crippen LogP contribution in [0.3, 0.4) is 0 Å². The Labute approximate surface area is 173 Å². The fourth-order valence-electron chi connectivity index (χ4n) is 3.00. The summed E-state index contributed by atoms with van der Waals surface area (Å²) in [4.78, 5) is 15.8. The first-order valence-corrected chi connectivity index (χ1v) is 10.1. The third kappa shape index (κ3) is 4.70. The summed E-state index contributed by atoms with van der Waals surface area (Å²) in [5, 5.41) is 12.0. The van der Waals surface area contributed by atoms with Crippen molar-refractivity contribution < 1.29 is 14.6 Å². The highest BCUT2D eigenvalue weighted by Gasteiger charge is 2.11. The van der Waals surface area contributed by atoms with Crippen LogP contribution in [0.2, 0.25) is 0 Å². The summed E-state index contributed by atoms with van der Waals surface area (Å²) in [7, 11) is 0. The standard InChI is InChI=1S/C24H19NO3S/c26-24(27)19-12-10-17(11-13-19)14-23-25-21(16-29-23)20-8-4-5-9-22(20)28-15-18-6-2-1-3-7-18/h1-13,16H,14-15H2,(H,26,27). The number of carboxylic acid groups (broad SMARTS) is 1. The molecule has 0 saturated heterocycles. The molecule has 5 heteroatoms. The number of para-hydroxylation sites is 1. The number of benzene rings is 3. The fraction of sp³-hybridized carbons (Fsp3) is 0.0833. The average Bonchev–Trinajstić information content (AvgIpc) is 3.22. The molecule has 0 aliphatic carbocycles. The summed E-state index contributed by atoms with van der Waals surface area (Å²) in [6, 6.07) is 24.9. The Balaban J connectivity index is 1.49. The van der Waals surface area contributed by atoms with Crippen LogP contribution in [-0.4, -0.2) is 16.1 Å². The van der Waals surface area contributed by atoms with E-state index < -0.39 is 5.97 Å². The summed E-state index contributed by atoms with van der Waals surface area (Å²) in [6.07, 6.45) is 0.664. The first kappa shape index (κ1) is 18.9. The quantitative estimate of drug-likeness (QED) is 0.433. The molecule has 4 rings (SSSR count). The van der Waals surface area contributed by atoms with Crippen molar-refractivity contribution in [1.82, 2.24) is 4.98 Å². The second-order valence-electron chi connectivity index (χ2n) is 6.58. The lowest BCUT2D eigenvalue weighted by molar-refractivity contribution is 0.0697. The molecule has 0 spiro atoms. The Morgan fingerprint density at radius 3 is 2.38 bits per heavy atom. The van der Waals surface area contributed by atoms with Crippen molar-refractivity contribution in [1.29, 1.82) is 0 Å². The zero-order valence-corrected chi connectivity index (χ0v) is 16.4. The van der Waals surface area contributed by atoms with Crippen LogP contribution in [0, 0.1) is 0 Å². The first-order valence-electron chi connectivity index (χ1n) is 9.22. The summed E-state index contributed by atoms with van der Waals surface area (Å²) < 4.78 is 6.05. The third-order valence-corrected chi connectivity index (χ3v) is 5.36. The largest absolute Gasteiger partial charge is 0.488 e. The van der Waals surface area contributed by atoms with Crippen LogP contribution in [0.5, 0.6) is 5.75 Å². The van der Waals surface area contributed by atoms with Crippen molar-refractivity contribution in [3.63, 3.8) is 0 Å². The van der Waals surface area contributed by atoms with E-state index in [9.17, 15) is 4.79 Å². The number of carboxylic acids is 1. The van der Waals surface area contributed by atoms with Gasteiger partial charge in [0.2, 0.25) is 0 Å². The molecule has 0 radical (unpaired) electrons. The predicted octanol–water partition coefficient (Wildman–Crippen LogP) is 5.68. The maximum Gasteiger partial charge on any atom is 0.335 e. The Hall–Kier alpha value is -3.44. The Morgan fingerprint density at radius 2 is 1.62 bits per heavy atom. The molecule has 1 N–H and O–H groups in total. The van der Waals surface area contributed by atoms with Gasteiger partial charge in [-0.05, 0) is 35.4 Å². The zero-order chi connectivity index (χ0) is 20.1. The van der Waals surface area contributed by atoms with E-state index in [4.69, 9.17) is 14.8 Å². The molecule has 144 valence electrons. The van der Waals surface area contributed by atoms with Crippen LogP contribution < -0.4 is 4.74 Å². The molecule has 1 heterocycles. The van der Waals surface area contributed by atoms with Gasteiger partial charge in [0.05, 0.1) is 16.3 Å². The van der Waals surface area contributed by atoms with Crippen molar-refractivity contribution >= 4 is 17.3 Å². The van der Waals surface area contributed by atoms with Gasteiger partial charge < -0.3 is 9.84 Å². The maximum absolute atomic E-state index is 11.0. The van der Waals surface area contributed by atoms with Crippen LogP contribution in [0.15, 0.2) is 84.2 Å². The zero-order valence-electron chi connectivity index (χ0n) is 15.6. The molecule has 0 fully saturated rings. The average molecular weight is 401 g/mol. The van der Waals surface area contributed by atoms with Crippen LogP contribution >= 0.6 is 11.3 Å². The summed E-state index contributed by atoms with van der Waals surface area (Å²) in [5.41, 5.74) is 4.29. The predicted molar refractivity (Wildman–Crippen MR) is 115 cm³/mol. The van der Waals surface area contributed by atoms with Gasteiger partial charge in [0.15, 0.2) is 0 Å². The van der Waals surface area contributed by atoms with Crippen LogP contribution in [0.4, 0.5) is 0 Å². The monoisotopic (exact) mass is 401 g/mol. The molecule has 29 heavy (non-hydrogen) atoms. The lowest BCUT2D eigenvalue weighted by Gasteiger charge is -2.10. The highest BCUT2D eigenvalue weighted by molar-refractivity contribution is 7.10. The number of aromatic carboxylic acids is 1. The summed E-state index contributed by atoms with van der Waals surface area (Å²) >= 11 is 1.59. The number of ether oxygens (including phenoxy) is 1. The fourth-order valence-corrected chi connectivity index (χ4v) is 3.82. The van der Waals surface area contributed by atoms with E-state index in [0.717, 1.165) is 33.1 Å². The van der Waals surface area contributed by atoms with Gasteiger partial charge in [0.25, 0.3) is 0 Å². The van der Waals surface area contributed by atoms with Gasteiger partial charge in [-0.3, -0.25) is 0 Å². The molecule has 4 nitrogen and oxygen atoms in total. The first-order chi connectivity index (χ1) is 14.2. The third-order valence-electron chi connectivity index (χ3n) is 4.51. The second kappa shape index (κ2) is 8.71. The van der Waals surface area contributed by atoms with E-state index >= 15 is 0 Å². The number of hydrogen-bond acceptors (Lipinski definition) is 4. The molecule has 0 unspecified atom stereocenters. The summed E-state index contributed by atoms with van der Waals surface area (Å²) in [5.74, 6) is -0.112. The van der Waals surface area contributed by atoms with Crippen LogP contribution in [0.1, 0.15) is 26.5 Å². The summed E-state index contributed by atoms with van der Waals surface area (Å²) in [6.45, 7) is 0.505. The van der Waals surface area contributed by atoms with E-state index in [2.05, 4.69) is 0 Å². The number of hydrogen-bond donors (Lipinski definition) is 1. The Morgan fingerprint density at radius 1 is 0.897 bits per heavy atom. The van der Waals surface area contributed by atoms with Crippen LogP contribution in [0.25, 0.3) is 11.3 Å². The van der Waals surface area contributed by atoms with E-state index in [0.29, 0.717) is 13.0 Å². The number of nitrogens with zero attached hydrogens (tertiary/aromatic N) is 1. The molecule has 0 aliphatic heterocycles. The van der Waals surface area contributed by atoms with Crippen molar-refractivity contribution in [2.75, 3.05) is 0 Å². The van der Waals surface area contributed by atoms with Crippen molar-refractivity contribution in [2.24, 2.45) is 0 Å². The second-order valence-corrected chi connectivity index (χ2v) is 7.52. The van der Waals surface area contributed by atoms with Gasteiger partial charge in [-0.25, -0.2) is 9.78 Å². The Kier molecular flexibility index (Phi) is 5.68. The SMILES string of the molecule is O=C(O)c1ccc(Cc2nc(-c3ccccc3OCc3ccccc3)cs2)cc1. The van der Waals surface area contributed by atoms with E-state index in [1.165, 1.54) is 0 Å². The minimum Gasteiger partial charge on any atom is -0.488 e. The van der Waals surface area contributed by atoms with E-state index in [1.54, 1.807) is 23.5 Å². The van der Waals surface area contributed by atoms with Gasteiger partial charge in [0, 0.05) is 17.4 Å². The normalized spacial score (nSPS) is 10.6. The van der Waals surface area contributed by atoms with Crippen molar-refractivity contribution in [3.05, 3.63) is 106 Å². The minimum absolute atomic E-state index is 0.290. The topological polar surface area (TPSA) is 59.4 Å². The molecule has 4 aromatic rings. The molecule has 1 aromatic heterocycles. The Bertz CT molecular complexity index is 1100. The number of aromatic nitrogens is 1. The molecule has 0 amide bonds. The molecule has 0 atom stereocenters. The smallest absolute Gasteiger partial charge is 0.335 e. The number of thiazole rings is 1. The minimum atomic E-state index is -0.916. The number of carbonyl (C=O) groups is 1. The van der Waals surface area contributed by atoms with Gasteiger partial charge in [-0.15, -0.1) is 11.3 Å². The molecular weight excluding hydrogens is 382 g/mol. The van der Waals surface area contributed by atoms with Crippen molar-refractivity contribution in [3.8, 4) is 17.0 Å². The number of rotatable bonds is 7. The van der Waals surface area contributed by atoms with E-state index in [1.807, 2.05) is 72.1 Å². The molecule has 0 saturated carbocycles. The van der Waals surface area contributed by atoms with Gasteiger partial charge in [0.1, 0.15) is 12.4 Å². The molecule has 0 bridgehead atoms. The lowest BCUT2D eigenvalue weighted by atomic mass is 10.1. The van der Waals surface area contributed by atoms with Gasteiger partial charge in [-0.1, -0.05) is 54.6 Å².